The molecule has 0 amide bonds. The zero-order valence-electron chi connectivity index (χ0n) is 6.80. The summed E-state index contributed by atoms with van der Waals surface area (Å²) in [5.74, 6) is 0.885. The minimum Gasteiger partial charge on any atom is -0.481 e. The van der Waals surface area contributed by atoms with Crippen molar-refractivity contribution < 1.29 is 4.74 Å². The summed E-state index contributed by atoms with van der Waals surface area (Å²) in [7, 11) is 1.53. The minimum atomic E-state index is 0.417. The van der Waals surface area contributed by atoms with Crippen LogP contribution in [0.1, 0.15) is 0 Å². The molecular weight excluding hydrogens is 172 g/mol. The third-order valence-corrected chi connectivity index (χ3v) is 1.43. The van der Waals surface area contributed by atoms with Crippen LogP contribution in [0.15, 0.2) is 12.4 Å². The van der Waals surface area contributed by atoms with Crippen molar-refractivity contribution in [3.8, 4) is 17.4 Å². The molecule has 7 heteroatoms. The molecular formula is C6H6N6O. The largest absolute Gasteiger partial charge is 0.481 e. The number of aromatic amines is 1. The van der Waals surface area contributed by atoms with Gasteiger partial charge in [-0.1, -0.05) is 0 Å². The van der Waals surface area contributed by atoms with Crippen LogP contribution in [-0.2, 0) is 0 Å². The first-order chi connectivity index (χ1) is 6.40. The molecule has 13 heavy (non-hydrogen) atoms. The Bertz CT molecular complexity index is 386. The summed E-state index contributed by atoms with van der Waals surface area (Å²) in [4.78, 5) is 7.80. The lowest BCUT2D eigenvalue weighted by Gasteiger charge is -1.97. The Labute approximate surface area is 73.2 Å². The predicted octanol–water partition coefficient (Wildman–Crippen LogP) is -0.335. The van der Waals surface area contributed by atoms with Crippen molar-refractivity contribution in [2.45, 2.75) is 0 Å². The number of hydrogen-bond acceptors (Lipinski definition) is 6. The van der Waals surface area contributed by atoms with E-state index in [0.29, 0.717) is 17.4 Å². The molecule has 0 unspecified atom stereocenters. The van der Waals surface area contributed by atoms with Crippen LogP contribution in [0.4, 0.5) is 0 Å². The molecule has 1 N–H and O–H groups in total. The summed E-state index contributed by atoms with van der Waals surface area (Å²) in [6.07, 6.45) is 1.38. The van der Waals surface area contributed by atoms with Gasteiger partial charge in [-0.15, -0.1) is 10.2 Å². The van der Waals surface area contributed by atoms with Gasteiger partial charge in [-0.25, -0.2) is 9.97 Å². The van der Waals surface area contributed by atoms with E-state index in [9.17, 15) is 0 Å². The molecule has 2 heterocycles. The number of rotatable bonds is 2. The highest BCUT2D eigenvalue weighted by molar-refractivity contribution is 5.48. The van der Waals surface area contributed by atoms with Crippen molar-refractivity contribution in [1.29, 1.82) is 0 Å². The van der Waals surface area contributed by atoms with Crippen LogP contribution in [0.5, 0.6) is 5.88 Å². The maximum atomic E-state index is 4.92. The second kappa shape index (κ2) is 3.13. The maximum Gasteiger partial charge on any atom is 0.223 e. The highest BCUT2D eigenvalue weighted by atomic mass is 16.5. The average molecular weight is 178 g/mol. The molecule has 0 atom stereocenters. The van der Waals surface area contributed by atoms with E-state index in [4.69, 9.17) is 4.74 Å². The molecule has 66 valence electrons. The summed E-state index contributed by atoms with van der Waals surface area (Å²) < 4.78 is 4.92. The van der Waals surface area contributed by atoms with E-state index in [2.05, 4.69) is 30.6 Å². The number of hydrogen-bond donors (Lipinski definition) is 1. The van der Waals surface area contributed by atoms with Gasteiger partial charge >= 0.3 is 0 Å². The topological polar surface area (TPSA) is 89.5 Å². The molecule has 2 rings (SSSR count). The van der Waals surface area contributed by atoms with E-state index in [1.165, 1.54) is 13.4 Å². The molecule has 0 aliphatic carbocycles. The molecule has 0 spiro atoms. The molecule has 0 fully saturated rings. The van der Waals surface area contributed by atoms with Crippen molar-refractivity contribution in [1.82, 2.24) is 30.6 Å². The normalized spacial score (nSPS) is 9.92. The van der Waals surface area contributed by atoms with Crippen LogP contribution >= 0.6 is 0 Å². The molecule has 0 radical (unpaired) electrons. The Balaban J connectivity index is 2.41. The SMILES string of the molecule is COc1cc(-c2nn[nH]n2)ncn1. The summed E-state index contributed by atoms with van der Waals surface area (Å²) in [5.41, 5.74) is 0.570. The lowest BCUT2D eigenvalue weighted by Crippen LogP contribution is -1.91. The Kier molecular flexibility index (Phi) is 1.83. The van der Waals surface area contributed by atoms with Crippen LogP contribution < -0.4 is 4.74 Å². The van der Waals surface area contributed by atoms with Crippen molar-refractivity contribution in [3.05, 3.63) is 12.4 Å². The fraction of sp³-hybridized carbons (Fsp3) is 0.167. The molecule has 7 nitrogen and oxygen atoms in total. The molecule has 0 bridgehead atoms. The van der Waals surface area contributed by atoms with E-state index in [1.807, 2.05) is 0 Å². The monoisotopic (exact) mass is 178 g/mol. The van der Waals surface area contributed by atoms with Crippen molar-refractivity contribution >= 4 is 0 Å². The molecule has 0 saturated heterocycles. The van der Waals surface area contributed by atoms with E-state index < -0.39 is 0 Å². The highest BCUT2D eigenvalue weighted by Crippen LogP contribution is 2.13. The van der Waals surface area contributed by atoms with Crippen molar-refractivity contribution in [2.24, 2.45) is 0 Å². The Morgan fingerprint density at radius 2 is 2.31 bits per heavy atom. The fourth-order valence-electron chi connectivity index (χ4n) is 0.844. The molecule has 2 aromatic rings. The van der Waals surface area contributed by atoms with Gasteiger partial charge in [-0.2, -0.15) is 5.21 Å². The fourth-order valence-corrected chi connectivity index (χ4v) is 0.844. The molecule has 2 aromatic heterocycles. The summed E-state index contributed by atoms with van der Waals surface area (Å²) in [5, 5.41) is 13.3. The van der Waals surface area contributed by atoms with Gasteiger partial charge in [-0.05, 0) is 5.21 Å². The zero-order valence-corrected chi connectivity index (χ0v) is 6.80. The van der Waals surface area contributed by atoms with Crippen LogP contribution in [0, 0.1) is 0 Å². The van der Waals surface area contributed by atoms with Crippen LogP contribution in [0.25, 0.3) is 11.5 Å². The van der Waals surface area contributed by atoms with Gasteiger partial charge in [0, 0.05) is 6.07 Å². The average Bonchev–Trinajstić information content (AvgIpc) is 2.71. The van der Waals surface area contributed by atoms with E-state index in [1.54, 1.807) is 6.07 Å². The lowest BCUT2D eigenvalue weighted by atomic mass is 10.4. The van der Waals surface area contributed by atoms with Gasteiger partial charge < -0.3 is 4.74 Å². The quantitative estimate of drug-likeness (QED) is 0.676. The van der Waals surface area contributed by atoms with Gasteiger partial charge in [0.2, 0.25) is 11.7 Å². The minimum absolute atomic E-state index is 0.417. The van der Waals surface area contributed by atoms with Gasteiger partial charge in [0.05, 0.1) is 7.11 Å². The van der Waals surface area contributed by atoms with E-state index in [0.717, 1.165) is 0 Å². The third-order valence-electron chi connectivity index (χ3n) is 1.43. The van der Waals surface area contributed by atoms with E-state index >= 15 is 0 Å². The van der Waals surface area contributed by atoms with Crippen LogP contribution in [0.2, 0.25) is 0 Å². The number of ether oxygens (including phenoxy) is 1. The second-order valence-electron chi connectivity index (χ2n) is 2.18. The standard InChI is InChI=1S/C6H6N6O/c1-13-5-2-4(7-3-8-5)6-9-11-12-10-6/h2-3H,1H3,(H,9,10,11,12). The summed E-state index contributed by atoms with van der Waals surface area (Å²) in [6.45, 7) is 0. The molecule has 0 aliphatic rings. The van der Waals surface area contributed by atoms with Gasteiger partial charge in [-0.3, -0.25) is 0 Å². The Morgan fingerprint density at radius 1 is 1.38 bits per heavy atom. The first-order valence-electron chi connectivity index (χ1n) is 3.50. The lowest BCUT2D eigenvalue weighted by molar-refractivity contribution is 0.397. The number of H-pyrrole nitrogens is 1. The Hall–Kier alpha value is -2.05. The first-order valence-corrected chi connectivity index (χ1v) is 3.50. The van der Waals surface area contributed by atoms with E-state index in [-0.39, 0.29) is 0 Å². The maximum absolute atomic E-state index is 4.92. The third kappa shape index (κ3) is 1.43. The highest BCUT2D eigenvalue weighted by Gasteiger charge is 2.05. The smallest absolute Gasteiger partial charge is 0.223 e. The zero-order chi connectivity index (χ0) is 9.10. The van der Waals surface area contributed by atoms with Gasteiger partial charge in [0.15, 0.2) is 0 Å². The molecule has 0 saturated carbocycles. The van der Waals surface area contributed by atoms with Gasteiger partial charge in [0.1, 0.15) is 12.0 Å². The molecule has 0 aliphatic heterocycles. The second-order valence-corrected chi connectivity index (χ2v) is 2.18. The Morgan fingerprint density at radius 3 is 3.00 bits per heavy atom. The predicted molar refractivity (Wildman–Crippen MR) is 41.8 cm³/mol. The van der Waals surface area contributed by atoms with Crippen molar-refractivity contribution in [3.63, 3.8) is 0 Å². The summed E-state index contributed by atoms with van der Waals surface area (Å²) >= 11 is 0. The number of tetrazole rings is 1. The number of nitrogens with zero attached hydrogens (tertiary/aromatic N) is 5. The van der Waals surface area contributed by atoms with Crippen molar-refractivity contribution in [2.75, 3.05) is 7.11 Å². The van der Waals surface area contributed by atoms with Crippen LogP contribution in [0.3, 0.4) is 0 Å². The molecule has 0 aromatic carbocycles. The number of aromatic nitrogens is 6. The van der Waals surface area contributed by atoms with Gasteiger partial charge in [0.25, 0.3) is 0 Å². The summed E-state index contributed by atoms with van der Waals surface area (Å²) in [6, 6.07) is 1.63. The number of nitrogens with one attached hydrogen (secondary N) is 1. The number of methoxy groups -OCH3 is 1. The first kappa shape index (κ1) is 7.59. The van der Waals surface area contributed by atoms with Crippen LogP contribution in [-0.4, -0.2) is 37.7 Å².